The van der Waals surface area contributed by atoms with Crippen LogP contribution in [0.15, 0.2) is 12.1 Å². The molecule has 0 aliphatic carbocycles. The monoisotopic (exact) mass is 286 g/mol. The highest BCUT2D eigenvalue weighted by molar-refractivity contribution is 5.78. The quantitative estimate of drug-likeness (QED) is 0.807. The Morgan fingerprint density at radius 3 is 2.86 bits per heavy atom. The van der Waals surface area contributed by atoms with Crippen molar-refractivity contribution in [1.29, 1.82) is 0 Å². The normalized spacial score (nSPS) is 22.8. The zero-order valence-corrected chi connectivity index (χ0v) is 13.2. The molecule has 0 spiro atoms. The molecule has 0 aromatic carbocycles. The fourth-order valence-corrected chi connectivity index (χ4v) is 3.36. The third kappa shape index (κ3) is 2.30. The number of likely N-dealkylation sites (tertiary alicyclic amines) is 1. The van der Waals surface area contributed by atoms with E-state index in [0.717, 1.165) is 48.4 Å². The third-order valence-electron chi connectivity index (χ3n) is 4.63. The molecule has 0 unspecified atom stereocenters. The lowest BCUT2D eigenvalue weighted by Crippen LogP contribution is -2.46. The minimum atomic E-state index is -0.0731. The Bertz CT molecular complexity index is 706. The van der Waals surface area contributed by atoms with Gasteiger partial charge in [0.2, 0.25) is 5.91 Å². The van der Waals surface area contributed by atoms with E-state index in [4.69, 9.17) is 4.98 Å². The first-order valence-corrected chi connectivity index (χ1v) is 7.47. The minimum Gasteiger partial charge on any atom is -0.342 e. The van der Waals surface area contributed by atoms with Gasteiger partial charge in [-0.1, -0.05) is 6.92 Å². The van der Waals surface area contributed by atoms with Gasteiger partial charge in [-0.25, -0.2) is 4.98 Å². The summed E-state index contributed by atoms with van der Waals surface area (Å²) >= 11 is 0. The lowest BCUT2D eigenvalue weighted by Gasteiger charge is -2.39. The molecular formula is C16H22N4O. The molecular weight excluding hydrogens is 264 g/mol. The van der Waals surface area contributed by atoms with Gasteiger partial charge in [0.15, 0.2) is 5.65 Å². The second-order valence-corrected chi connectivity index (χ2v) is 6.38. The maximum atomic E-state index is 11.7. The molecule has 0 bridgehead atoms. The molecule has 5 heteroatoms. The van der Waals surface area contributed by atoms with Gasteiger partial charge in [-0.15, -0.1) is 0 Å². The molecule has 3 heterocycles. The topological polar surface area (TPSA) is 51.0 Å². The Morgan fingerprint density at radius 2 is 2.14 bits per heavy atom. The molecule has 2 aromatic rings. The summed E-state index contributed by atoms with van der Waals surface area (Å²) in [5, 5.41) is 5.53. The Balaban J connectivity index is 2.02. The van der Waals surface area contributed by atoms with E-state index in [9.17, 15) is 4.79 Å². The number of fused-ring (bicyclic) bond motifs is 1. The average Bonchev–Trinajstić information content (AvgIpc) is 2.74. The van der Waals surface area contributed by atoms with Crippen molar-refractivity contribution in [3.63, 3.8) is 0 Å². The van der Waals surface area contributed by atoms with E-state index in [1.54, 1.807) is 6.92 Å². The number of rotatable bonds is 1. The zero-order valence-electron chi connectivity index (χ0n) is 13.2. The summed E-state index contributed by atoms with van der Waals surface area (Å²) in [7, 11) is 1.93. The predicted molar refractivity (Wildman–Crippen MR) is 82.1 cm³/mol. The van der Waals surface area contributed by atoms with Crippen LogP contribution in [0, 0.1) is 6.92 Å². The Kier molecular flexibility index (Phi) is 3.23. The first-order chi connectivity index (χ1) is 9.90. The Labute approximate surface area is 125 Å². The number of aromatic nitrogens is 3. The average molecular weight is 286 g/mol. The standard InChI is InChI=1S/C16H22N4O/c1-11-13-6-7-14(17-15(13)19(4)18-11)16(3)8-5-9-20(10-16)12(2)21/h6-7H,5,8-10H2,1-4H3/t16-/m0/s1. The van der Waals surface area contributed by atoms with Gasteiger partial charge >= 0.3 is 0 Å². The molecule has 2 aromatic heterocycles. The van der Waals surface area contributed by atoms with Gasteiger partial charge in [0, 0.05) is 37.9 Å². The predicted octanol–water partition coefficient (Wildman–Crippen LogP) is 2.18. The molecule has 1 saturated heterocycles. The van der Waals surface area contributed by atoms with Crippen molar-refractivity contribution in [3.05, 3.63) is 23.5 Å². The molecule has 112 valence electrons. The second-order valence-electron chi connectivity index (χ2n) is 6.38. The second kappa shape index (κ2) is 4.83. The van der Waals surface area contributed by atoms with Crippen molar-refractivity contribution < 1.29 is 4.79 Å². The molecule has 5 nitrogen and oxygen atoms in total. The largest absolute Gasteiger partial charge is 0.342 e. The molecule has 1 atom stereocenters. The Morgan fingerprint density at radius 1 is 1.38 bits per heavy atom. The van der Waals surface area contributed by atoms with E-state index in [2.05, 4.69) is 24.2 Å². The number of carbonyl (C=O) groups is 1. The van der Waals surface area contributed by atoms with E-state index < -0.39 is 0 Å². The van der Waals surface area contributed by atoms with E-state index in [-0.39, 0.29) is 11.3 Å². The number of carbonyl (C=O) groups excluding carboxylic acids is 1. The van der Waals surface area contributed by atoms with Crippen molar-refractivity contribution in [3.8, 4) is 0 Å². The highest BCUT2D eigenvalue weighted by Gasteiger charge is 2.35. The SMILES string of the molecule is CC(=O)N1CCC[C@](C)(c2ccc3c(C)nn(C)c3n2)C1. The maximum Gasteiger partial charge on any atom is 0.219 e. The highest BCUT2D eigenvalue weighted by Crippen LogP contribution is 2.33. The van der Waals surface area contributed by atoms with Crippen LogP contribution in [0.25, 0.3) is 11.0 Å². The van der Waals surface area contributed by atoms with Crippen LogP contribution >= 0.6 is 0 Å². The van der Waals surface area contributed by atoms with Crippen LogP contribution in [0.1, 0.15) is 38.1 Å². The number of hydrogen-bond acceptors (Lipinski definition) is 3. The molecule has 21 heavy (non-hydrogen) atoms. The maximum absolute atomic E-state index is 11.7. The van der Waals surface area contributed by atoms with Gasteiger partial charge in [0.25, 0.3) is 0 Å². The van der Waals surface area contributed by atoms with E-state index in [1.165, 1.54) is 0 Å². The molecule has 0 saturated carbocycles. The van der Waals surface area contributed by atoms with Gasteiger partial charge in [0.05, 0.1) is 11.4 Å². The summed E-state index contributed by atoms with van der Waals surface area (Å²) in [5.41, 5.74) is 2.91. The number of nitrogens with zero attached hydrogens (tertiary/aromatic N) is 4. The Hall–Kier alpha value is -1.91. The molecule has 1 aliphatic heterocycles. The molecule has 0 N–H and O–H groups in total. The number of aryl methyl sites for hydroxylation is 2. The molecule has 1 amide bonds. The number of hydrogen-bond donors (Lipinski definition) is 0. The first kappa shape index (κ1) is 14.0. The molecule has 1 fully saturated rings. The smallest absolute Gasteiger partial charge is 0.219 e. The van der Waals surface area contributed by atoms with Crippen molar-refractivity contribution in [2.45, 2.75) is 39.0 Å². The van der Waals surface area contributed by atoms with Gasteiger partial charge in [-0.3, -0.25) is 9.48 Å². The summed E-state index contributed by atoms with van der Waals surface area (Å²) in [6.45, 7) is 7.46. The van der Waals surface area contributed by atoms with Crippen LogP contribution in [-0.2, 0) is 17.3 Å². The third-order valence-corrected chi connectivity index (χ3v) is 4.63. The van der Waals surface area contributed by atoms with Crippen LogP contribution in [0.3, 0.4) is 0 Å². The zero-order chi connectivity index (χ0) is 15.2. The van der Waals surface area contributed by atoms with Crippen LogP contribution in [0.2, 0.25) is 0 Å². The number of amides is 1. The van der Waals surface area contributed by atoms with Gasteiger partial charge in [0.1, 0.15) is 0 Å². The van der Waals surface area contributed by atoms with Gasteiger partial charge < -0.3 is 4.90 Å². The van der Waals surface area contributed by atoms with Crippen molar-refractivity contribution in [1.82, 2.24) is 19.7 Å². The van der Waals surface area contributed by atoms with E-state index >= 15 is 0 Å². The van der Waals surface area contributed by atoms with Crippen molar-refractivity contribution >= 4 is 16.9 Å². The van der Waals surface area contributed by atoms with Crippen LogP contribution in [0.4, 0.5) is 0 Å². The van der Waals surface area contributed by atoms with Crippen LogP contribution in [0.5, 0.6) is 0 Å². The van der Waals surface area contributed by atoms with Crippen molar-refractivity contribution in [2.75, 3.05) is 13.1 Å². The first-order valence-electron chi connectivity index (χ1n) is 7.47. The van der Waals surface area contributed by atoms with Crippen LogP contribution in [-0.4, -0.2) is 38.7 Å². The van der Waals surface area contributed by atoms with E-state index in [0.29, 0.717) is 0 Å². The van der Waals surface area contributed by atoms with Crippen molar-refractivity contribution in [2.24, 2.45) is 7.05 Å². The fourth-order valence-electron chi connectivity index (χ4n) is 3.36. The lowest BCUT2D eigenvalue weighted by molar-refractivity contribution is -0.130. The summed E-state index contributed by atoms with van der Waals surface area (Å²) in [6, 6.07) is 4.21. The fraction of sp³-hybridized carbons (Fsp3) is 0.562. The number of pyridine rings is 1. The summed E-state index contributed by atoms with van der Waals surface area (Å²) < 4.78 is 1.84. The minimum absolute atomic E-state index is 0.0731. The molecule has 1 aliphatic rings. The van der Waals surface area contributed by atoms with Crippen LogP contribution < -0.4 is 0 Å². The molecule has 0 radical (unpaired) electrons. The lowest BCUT2D eigenvalue weighted by atomic mass is 9.78. The summed E-state index contributed by atoms with van der Waals surface area (Å²) in [4.78, 5) is 18.5. The molecule has 3 rings (SSSR count). The highest BCUT2D eigenvalue weighted by atomic mass is 16.2. The summed E-state index contributed by atoms with van der Waals surface area (Å²) in [6.07, 6.45) is 2.09. The summed E-state index contributed by atoms with van der Waals surface area (Å²) in [5.74, 6) is 0.151. The van der Waals surface area contributed by atoms with E-state index in [1.807, 2.05) is 23.6 Å². The van der Waals surface area contributed by atoms with Gasteiger partial charge in [-0.05, 0) is 31.9 Å². The number of piperidine rings is 1. The van der Waals surface area contributed by atoms with Gasteiger partial charge in [-0.2, -0.15) is 5.10 Å².